The normalized spacial score (nSPS) is 17.9. The third-order valence-corrected chi connectivity index (χ3v) is 8.82. The molecule has 0 unspecified atom stereocenters. The molecule has 0 spiro atoms. The third-order valence-electron chi connectivity index (χ3n) is 8.82. The summed E-state index contributed by atoms with van der Waals surface area (Å²) in [5, 5.41) is 10.6. The van der Waals surface area contributed by atoms with E-state index in [4.69, 9.17) is 9.31 Å². The Hall–Kier alpha value is -1.88. The lowest BCUT2D eigenvalue weighted by molar-refractivity contribution is 0.00578. The van der Waals surface area contributed by atoms with Crippen molar-refractivity contribution in [2.75, 3.05) is 0 Å². The van der Waals surface area contributed by atoms with Crippen LogP contribution in [0.1, 0.15) is 103 Å². The smallest absolute Gasteiger partial charge is 0.399 e. The molecule has 4 heteroatoms. The van der Waals surface area contributed by atoms with E-state index in [1.165, 1.54) is 16.7 Å². The van der Waals surface area contributed by atoms with Crippen LogP contribution >= 0.6 is 0 Å². The van der Waals surface area contributed by atoms with E-state index in [1.54, 1.807) is 0 Å². The largest absolute Gasteiger partial charge is 0.494 e. The second-order valence-electron chi connectivity index (χ2n) is 11.2. The van der Waals surface area contributed by atoms with Gasteiger partial charge in [0.1, 0.15) is 0 Å². The van der Waals surface area contributed by atoms with Crippen LogP contribution in [-0.2, 0) is 14.7 Å². The van der Waals surface area contributed by atoms with Crippen LogP contribution in [0.3, 0.4) is 0 Å². The quantitative estimate of drug-likeness (QED) is 0.398. The number of hydrogen-bond donors (Lipinski definition) is 1. The Labute approximate surface area is 214 Å². The molecule has 1 saturated heterocycles. The summed E-state index contributed by atoms with van der Waals surface area (Å²) in [6.45, 7) is 19.1. The topological polar surface area (TPSA) is 38.7 Å². The highest BCUT2D eigenvalue weighted by Gasteiger charge is 2.51. The van der Waals surface area contributed by atoms with Crippen LogP contribution in [0.25, 0.3) is 6.08 Å². The molecule has 190 valence electrons. The number of aryl methyl sites for hydroxylation is 1. The first-order valence-corrected chi connectivity index (χ1v) is 13.4. The van der Waals surface area contributed by atoms with Crippen molar-refractivity contribution in [3.63, 3.8) is 0 Å². The van der Waals surface area contributed by atoms with Crippen molar-refractivity contribution in [1.29, 1.82) is 0 Å². The first-order valence-electron chi connectivity index (χ1n) is 13.4. The van der Waals surface area contributed by atoms with Gasteiger partial charge in [-0.3, -0.25) is 0 Å². The van der Waals surface area contributed by atoms with E-state index in [1.807, 2.05) is 19.9 Å². The zero-order valence-corrected chi connectivity index (χ0v) is 23.4. The van der Waals surface area contributed by atoms with Crippen molar-refractivity contribution in [3.05, 3.63) is 70.8 Å². The Kier molecular flexibility index (Phi) is 8.11. The van der Waals surface area contributed by atoms with Gasteiger partial charge in [0.25, 0.3) is 0 Å². The number of rotatable bonds is 9. The van der Waals surface area contributed by atoms with Crippen molar-refractivity contribution >= 4 is 18.7 Å². The van der Waals surface area contributed by atoms with Gasteiger partial charge in [-0.25, -0.2) is 0 Å². The summed E-state index contributed by atoms with van der Waals surface area (Å²) >= 11 is 0. The van der Waals surface area contributed by atoms with E-state index in [0.717, 1.165) is 23.9 Å². The predicted octanol–water partition coefficient (Wildman–Crippen LogP) is 6.96. The molecule has 0 bridgehead atoms. The van der Waals surface area contributed by atoms with E-state index < -0.39 is 5.60 Å². The van der Waals surface area contributed by atoms with Gasteiger partial charge in [-0.05, 0) is 88.0 Å². The van der Waals surface area contributed by atoms with Crippen LogP contribution in [-0.4, -0.2) is 29.0 Å². The predicted molar refractivity (Wildman–Crippen MR) is 149 cm³/mol. The summed E-state index contributed by atoms with van der Waals surface area (Å²) in [5.74, 6) is 0. The van der Waals surface area contributed by atoms with Gasteiger partial charge in [0.05, 0.1) is 16.8 Å². The Balaban J connectivity index is 1.91. The molecule has 0 amide bonds. The van der Waals surface area contributed by atoms with Gasteiger partial charge in [-0.15, -0.1) is 0 Å². The van der Waals surface area contributed by atoms with Crippen LogP contribution in [0.2, 0.25) is 0 Å². The number of aliphatic hydroxyl groups is 1. The molecule has 0 atom stereocenters. The first-order chi connectivity index (χ1) is 16.4. The molecule has 0 saturated carbocycles. The van der Waals surface area contributed by atoms with E-state index in [0.29, 0.717) is 12.8 Å². The molecule has 3 rings (SSSR count). The Morgan fingerprint density at radius 1 is 0.800 bits per heavy atom. The molecule has 1 fully saturated rings. The highest BCUT2D eigenvalue weighted by atomic mass is 16.7. The number of hydrogen-bond acceptors (Lipinski definition) is 3. The molecule has 0 aliphatic carbocycles. The molecule has 1 heterocycles. The lowest BCUT2D eigenvalue weighted by Crippen LogP contribution is -2.41. The highest BCUT2D eigenvalue weighted by molar-refractivity contribution is 6.62. The van der Waals surface area contributed by atoms with E-state index in [2.05, 4.69) is 97.0 Å². The molecule has 0 aromatic heterocycles. The maximum atomic E-state index is 10.6. The summed E-state index contributed by atoms with van der Waals surface area (Å²) in [7, 11) is -0.343. The fourth-order valence-corrected chi connectivity index (χ4v) is 5.06. The summed E-state index contributed by atoms with van der Waals surface area (Å²) < 4.78 is 12.5. The summed E-state index contributed by atoms with van der Waals surface area (Å²) in [6.07, 6.45) is 7.49. The second-order valence-corrected chi connectivity index (χ2v) is 11.2. The SMILES string of the molecule is CCC(O)(C=Cc1ccc(C(CC)(CC)c2ccc(B3OC(C)(C)C(C)(C)O3)cc2)cc1C)CC. The monoisotopic (exact) mass is 476 g/mol. The molecular formula is C31H45BO3. The molecule has 2 aromatic rings. The maximum absolute atomic E-state index is 10.6. The molecule has 3 nitrogen and oxygen atoms in total. The zero-order valence-electron chi connectivity index (χ0n) is 23.4. The Morgan fingerprint density at radius 3 is 1.77 bits per heavy atom. The lowest BCUT2D eigenvalue weighted by Gasteiger charge is -2.34. The van der Waals surface area contributed by atoms with Gasteiger partial charge >= 0.3 is 7.12 Å². The standard InChI is InChI=1S/C31H45BO3/c1-10-30(33,11-2)21-20-24-14-15-26(22-23(24)5)31(12-3,13-4)25-16-18-27(19-17-25)32-34-28(6,7)29(8,9)35-32/h14-22,33H,10-13H2,1-9H3. The second kappa shape index (κ2) is 10.2. The van der Waals surface area contributed by atoms with Gasteiger partial charge in [0, 0.05) is 5.41 Å². The maximum Gasteiger partial charge on any atom is 0.494 e. The van der Waals surface area contributed by atoms with Crippen LogP contribution in [0, 0.1) is 6.92 Å². The van der Waals surface area contributed by atoms with Crippen molar-refractivity contribution in [2.45, 2.75) is 110 Å². The molecule has 35 heavy (non-hydrogen) atoms. The third kappa shape index (κ3) is 5.31. The van der Waals surface area contributed by atoms with Crippen molar-refractivity contribution in [3.8, 4) is 0 Å². The lowest BCUT2D eigenvalue weighted by atomic mass is 9.69. The highest BCUT2D eigenvalue weighted by Crippen LogP contribution is 2.40. The average Bonchev–Trinajstić information content (AvgIpc) is 3.06. The first kappa shape index (κ1) is 27.7. The van der Waals surface area contributed by atoms with Gasteiger partial charge in [0.2, 0.25) is 0 Å². The zero-order chi connectivity index (χ0) is 26.1. The van der Waals surface area contributed by atoms with Crippen molar-refractivity contribution < 1.29 is 14.4 Å². The minimum Gasteiger partial charge on any atom is -0.399 e. The summed E-state index contributed by atoms with van der Waals surface area (Å²) in [5.41, 5.74) is 4.62. The minimum atomic E-state index is -0.735. The molecule has 1 N–H and O–H groups in total. The van der Waals surface area contributed by atoms with Gasteiger partial charge in [-0.1, -0.05) is 82.3 Å². The van der Waals surface area contributed by atoms with E-state index >= 15 is 0 Å². The van der Waals surface area contributed by atoms with E-state index in [9.17, 15) is 5.11 Å². The fraction of sp³-hybridized carbons (Fsp3) is 0.548. The molecule has 0 radical (unpaired) electrons. The summed E-state index contributed by atoms with van der Waals surface area (Å²) in [6, 6.07) is 15.6. The average molecular weight is 477 g/mol. The molecular weight excluding hydrogens is 431 g/mol. The van der Waals surface area contributed by atoms with Gasteiger partial charge in [-0.2, -0.15) is 0 Å². The molecule has 2 aromatic carbocycles. The van der Waals surface area contributed by atoms with Crippen molar-refractivity contribution in [1.82, 2.24) is 0 Å². The van der Waals surface area contributed by atoms with Crippen molar-refractivity contribution in [2.24, 2.45) is 0 Å². The van der Waals surface area contributed by atoms with Crippen LogP contribution < -0.4 is 5.46 Å². The molecule has 1 aliphatic rings. The van der Waals surface area contributed by atoms with Gasteiger partial charge < -0.3 is 14.4 Å². The summed E-state index contributed by atoms with van der Waals surface area (Å²) in [4.78, 5) is 0. The fourth-order valence-electron chi connectivity index (χ4n) is 5.06. The van der Waals surface area contributed by atoms with Crippen LogP contribution in [0.4, 0.5) is 0 Å². The van der Waals surface area contributed by atoms with Crippen LogP contribution in [0.15, 0.2) is 48.5 Å². The minimum absolute atomic E-state index is 0.0605. The Morgan fingerprint density at radius 2 is 1.31 bits per heavy atom. The van der Waals surface area contributed by atoms with E-state index in [-0.39, 0.29) is 23.7 Å². The Bertz CT molecular complexity index is 1010. The van der Waals surface area contributed by atoms with Gasteiger partial charge in [0.15, 0.2) is 0 Å². The van der Waals surface area contributed by atoms with Crippen LogP contribution in [0.5, 0.6) is 0 Å². The molecule has 1 aliphatic heterocycles. The number of benzene rings is 2.